The van der Waals surface area contributed by atoms with Gasteiger partial charge >= 0.3 is 5.97 Å². The van der Waals surface area contributed by atoms with E-state index in [2.05, 4.69) is 5.32 Å². The second-order valence-electron chi connectivity index (χ2n) is 3.23. The Balaban J connectivity index is 2.36. The van der Waals surface area contributed by atoms with Crippen molar-refractivity contribution in [1.29, 1.82) is 0 Å². The number of carbonyl (C=O) groups excluding carboxylic acids is 1. The number of carboxylic acid groups (broad SMARTS) is 1. The van der Waals surface area contributed by atoms with Crippen LogP contribution in [0.3, 0.4) is 0 Å². The van der Waals surface area contributed by atoms with Gasteiger partial charge in [0.2, 0.25) is 5.91 Å². The van der Waals surface area contributed by atoms with E-state index in [1.165, 1.54) is 0 Å². The average Bonchev–Trinajstić information content (AvgIpc) is 2.49. The zero-order valence-corrected chi connectivity index (χ0v) is 8.33. The van der Waals surface area contributed by atoms with Gasteiger partial charge in [-0.3, -0.25) is 4.79 Å². The fraction of sp³-hybridized carbons (Fsp3) is 0.556. The lowest BCUT2D eigenvalue weighted by Gasteiger charge is -2.13. The number of carbonyl (C=O) groups is 2. The third kappa shape index (κ3) is 3.38. The molecule has 5 heteroatoms. The quantitative estimate of drug-likeness (QED) is 0.545. The second kappa shape index (κ2) is 5.00. The van der Waals surface area contributed by atoms with Gasteiger partial charge in [-0.2, -0.15) is 0 Å². The minimum absolute atomic E-state index is 0.0254. The van der Waals surface area contributed by atoms with Gasteiger partial charge in [0, 0.05) is 18.2 Å². The van der Waals surface area contributed by atoms with Gasteiger partial charge in [0.15, 0.2) is 0 Å². The van der Waals surface area contributed by atoms with Gasteiger partial charge in [-0.05, 0) is 19.3 Å². The first-order chi connectivity index (χ1) is 6.59. The summed E-state index contributed by atoms with van der Waals surface area (Å²) in [5.74, 6) is -1.53. The largest absolute Gasteiger partial charge is 0.478 e. The van der Waals surface area contributed by atoms with Gasteiger partial charge in [-0.25, -0.2) is 4.79 Å². The summed E-state index contributed by atoms with van der Waals surface area (Å²) < 4.78 is 0. The van der Waals surface area contributed by atoms with E-state index in [0.29, 0.717) is 0 Å². The molecule has 2 atom stereocenters. The zero-order chi connectivity index (χ0) is 10.6. The third-order valence-corrected chi connectivity index (χ3v) is 2.66. The molecule has 0 aromatic carbocycles. The van der Waals surface area contributed by atoms with E-state index in [1.807, 2.05) is 0 Å². The van der Waals surface area contributed by atoms with Crippen LogP contribution in [0.15, 0.2) is 12.2 Å². The summed E-state index contributed by atoms with van der Waals surface area (Å²) >= 11 is 5.93. The predicted molar refractivity (Wildman–Crippen MR) is 52.2 cm³/mol. The normalized spacial score (nSPS) is 26.6. The Morgan fingerprint density at radius 2 is 2.07 bits per heavy atom. The SMILES string of the molecule is O=C(O)/C=C\C(=O)NC1CCCC1Cl. The molecule has 1 fully saturated rings. The molecule has 78 valence electrons. The number of aliphatic carboxylic acids is 1. The van der Waals surface area contributed by atoms with E-state index in [4.69, 9.17) is 16.7 Å². The van der Waals surface area contributed by atoms with Crippen LogP contribution in [0.4, 0.5) is 0 Å². The van der Waals surface area contributed by atoms with Crippen molar-refractivity contribution in [2.45, 2.75) is 30.7 Å². The van der Waals surface area contributed by atoms with E-state index < -0.39 is 11.9 Å². The third-order valence-electron chi connectivity index (χ3n) is 2.14. The lowest BCUT2D eigenvalue weighted by atomic mass is 10.2. The fourth-order valence-corrected chi connectivity index (χ4v) is 1.80. The number of rotatable bonds is 3. The molecule has 0 saturated heterocycles. The first-order valence-electron chi connectivity index (χ1n) is 4.45. The molecule has 2 N–H and O–H groups in total. The molecule has 1 rings (SSSR count). The van der Waals surface area contributed by atoms with E-state index in [9.17, 15) is 9.59 Å². The molecule has 0 heterocycles. The van der Waals surface area contributed by atoms with Gasteiger partial charge in [0.1, 0.15) is 0 Å². The van der Waals surface area contributed by atoms with Crippen LogP contribution < -0.4 is 5.32 Å². The lowest BCUT2D eigenvalue weighted by molar-refractivity contribution is -0.131. The molecule has 0 aromatic heterocycles. The molecule has 0 aromatic rings. The molecule has 0 aliphatic heterocycles. The summed E-state index contributed by atoms with van der Waals surface area (Å²) in [4.78, 5) is 21.2. The number of alkyl halides is 1. The summed E-state index contributed by atoms with van der Waals surface area (Å²) in [5, 5.41) is 10.9. The predicted octanol–water partition coefficient (Wildman–Crippen LogP) is 0.903. The van der Waals surface area contributed by atoms with Crippen LogP contribution >= 0.6 is 11.6 Å². The number of hydrogen-bond donors (Lipinski definition) is 2. The van der Waals surface area contributed by atoms with E-state index in [-0.39, 0.29) is 11.4 Å². The smallest absolute Gasteiger partial charge is 0.328 e. The number of carboxylic acids is 1. The standard InChI is InChI=1S/C9H12ClNO3/c10-6-2-1-3-7(6)11-8(12)4-5-9(13)14/h4-7H,1-3H2,(H,11,12)(H,13,14)/b5-4-. The molecule has 1 aliphatic rings. The molecular weight excluding hydrogens is 206 g/mol. The molecule has 1 aliphatic carbocycles. The minimum Gasteiger partial charge on any atom is -0.478 e. The monoisotopic (exact) mass is 217 g/mol. The fourth-order valence-electron chi connectivity index (χ4n) is 1.46. The Bertz CT molecular complexity index is 265. The van der Waals surface area contributed by atoms with Crippen LogP contribution in [0.5, 0.6) is 0 Å². The maximum atomic E-state index is 11.1. The Morgan fingerprint density at radius 3 is 2.57 bits per heavy atom. The first-order valence-corrected chi connectivity index (χ1v) is 4.89. The molecule has 4 nitrogen and oxygen atoms in total. The highest BCUT2D eigenvalue weighted by molar-refractivity contribution is 6.21. The van der Waals surface area contributed by atoms with Crippen LogP contribution in [0.25, 0.3) is 0 Å². The van der Waals surface area contributed by atoms with Gasteiger partial charge in [-0.15, -0.1) is 11.6 Å². The van der Waals surface area contributed by atoms with Gasteiger partial charge in [-0.1, -0.05) is 0 Å². The summed E-state index contributed by atoms with van der Waals surface area (Å²) in [6.07, 6.45) is 4.58. The van der Waals surface area contributed by atoms with Crippen molar-refractivity contribution < 1.29 is 14.7 Å². The summed E-state index contributed by atoms with van der Waals surface area (Å²) in [6, 6.07) is -0.0254. The van der Waals surface area contributed by atoms with Crippen molar-refractivity contribution in [1.82, 2.24) is 5.32 Å². The number of nitrogens with one attached hydrogen (secondary N) is 1. The molecule has 0 spiro atoms. The number of amides is 1. The van der Waals surface area contributed by atoms with Crippen molar-refractivity contribution in [3.8, 4) is 0 Å². The van der Waals surface area contributed by atoms with Crippen molar-refractivity contribution in [2.75, 3.05) is 0 Å². The minimum atomic E-state index is -1.13. The Hall–Kier alpha value is -1.03. The molecule has 1 saturated carbocycles. The molecule has 0 bridgehead atoms. The summed E-state index contributed by atoms with van der Waals surface area (Å²) in [5.41, 5.74) is 0. The summed E-state index contributed by atoms with van der Waals surface area (Å²) in [6.45, 7) is 0. The summed E-state index contributed by atoms with van der Waals surface area (Å²) in [7, 11) is 0. The molecular formula is C9H12ClNO3. The van der Waals surface area contributed by atoms with Crippen molar-refractivity contribution >= 4 is 23.5 Å². The molecule has 1 amide bonds. The molecule has 0 radical (unpaired) electrons. The highest BCUT2D eigenvalue weighted by Crippen LogP contribution is 2.23. The number of hydrogen-bond acceptors (Lipinski definition) is 2. The maximum absolute atomic E-state index is 11.1. The topological polar surface area (TPSA) is 66.4 Å². The van der Waals surface area contributed by atoms with E-state index in [0.717, 1.165) is 31.4 Å². The lowest BCUT2D eigenvalue weighted by Crippen LogP contribution is -2.36. The highest BCUT2D eigenvalue weighted by atomic mass is 35.5. The first kappa shape index (κ1) is 11.0. The van der Waals surface area contributed by atoms with Crippen LogP contribution in [0.2, 0.25) is 0 Å². The Labute approximate surface area is 86.9 Å². The van der Waals surface area contributed by atoms with Crippen LogP contribution in [-0.2, 0) is 9.59 Å². The highest BCUT2D eigenvalue weighted by Gasteiger charge is 2.25. The van der Waals surface area contributed by atoms with Gasteiger partial charge < -0.3 is 10.4 Å². The molecule has 2 unspecified atom stereocenters. The van der Waals surface area contributed by atoms with Gasteiger partial charge in [0.05, 0.1) is 5.38 Å². The number of halogens is 1. The Morgan fingerprint density at radius 1 is 1.36 bits per heavy atom. The van der Waals surface area contributed by atoms with Crippen molar-refractivity contribution in [3.63, 3.8) is 0 Å². The van der Waals surface area contributed by atoms with E-state index in [1.54, 1.807) is 0 Å². The van der Waals surface area contributed by atoms with Crippen LogP contribution in [0.1, 0.15) is 19.3 Å². The Kier molecular flexibility index (Phi) is 3.95. The zero-order valence-electron chi connectivity index (χ0n) is 7.57. The van der Waals surface area contributed by atoms with Crippen LogP contribution in [-0.4, -0.2) is 28.4 Å². The van der Waals surface area contributed by atoms with Crippen LogP contribution in [0, 0.1) is 0 Å². The van der Waals surface area contributed by atoms with Gasteiger partial charge in [0.25, 0.3) is 0 Å². The molecule has 14 heavy (non-hydrogen) atoms. The van der Waals surface area contributed by atoms with E-state index >= 15 is 0 Å². The second-order valence-corrected chi connectivity index (χ2v) is 3.79. The average molecular weight is 218 g/mol. The van der Waals surface area contributed by atoms with Crippen molar-refractivity contribution in [2.24, 2.45) is 0 Å². The maximum Gasteiger partial charge on any atom is 0.328 e. The van der Waals surface area contributed by atoms with Crippen molar-refractivity contribution in [3.05, 3.63) is 12.2 Å².